The van der Waals surface area contributed by atoms with Crippen LogP contribution in [0.25, 0.3) is 0 Å². The molecule has 1 fully saturated rings. The first kappa shape index (κ1) is 10.6. The molecule has 5 heteroatoms. The van der Waals surface area contributed by atoms with Crippen LogP contribution in [-0.2, 0) is 10.3 Å². The Hall–Kier alpha value is -1.88. The molecule has 1 aromatic rings. The fourth-order valence-electron chi connectivity index (χ4n) is 1.87. The van der Waals surface area contributed by atoms with E-state index in [4.69, 9.17) is 5.73 Å². The van der Waals surface area contributed by atoms with E-state index in [0.717, 1.165) is 4.90 Å². The third kappa shape index (κ3) is 1.29. The van der Waals surface area contributed by atoms with Gasteiger partial charge in [-0.3, -0.25) is 9.69 Å². The topological polar surface area (TPSA) is 75.4 Å². The van der Waals surface area contributed by atoms with E-state index in [0.29, 0.717) is 5.56 Å². The Balaban J connectivity index is 2.50. The maximum Gasteiger partial charge on any atom is 0.325 e. The van der Waals surface area contributed by atoms with Gasteiger partial charge in [0, 0.05) is 13.6 Å². The molecule has 1 atom stereocenters. The Morgan fingerprint density at radius 3 is 2.38 bits per heavy atom. The molecule has 1 heterocycles. The van der Waals surface area contributed by atoms with Crippen molar-refractivity contribution in [3.05, 3.63) is 35.9 Å². The van der Waals surface area contributed by atoms with Gasteiger partial charge in [0.2, 0.25) is 0 Å². The van der Waals surface area contributed by atoms with Crippen LogP contribution in [0.3, 0.4) is 0 Å². The number of nitrogens with two attached hydrogens (primary N) is 1. The molecule has 84 valence electrons. The van der Waals surface area contributed by atoms with Crippen LogP contribution >= 0.6 is 0 Å². The summed E-state index contributed by atoms with van der Waals surface area (Å²) >= 11 is 0. The summed E-state index contributed by atoms with van der Waals surface area (Å²) in [5.41, 5.74) is 5.26. The number of hydrogen-bond acceptors (Lipinski definition) is 3. The monoisotopic (exact) mass is 219 g/mol. The van der Waals surface area contributed by atoms with Crippen LogP contribution in [0.4, 0.5) is 4.79 Å². The lowest BCUT2D eigenvalue weighted by atomic mass is 9.90. The van der Waals surface area contributed by atoms with Crippen molar-refractivity contribution in [1.29, 1.82) is 0 Å². The second-order valence-electron chi connectivity index (χ2n) is 3.77. The largest absolute Gasteiger partial charge is 0.327 e. The zero-order valence-corrected chi connectivity index (χ0v) is 8.93. The van der Waals surface area contributed by atoms with Gasteiger partial charge in [-0.15, -0.1) is 0 Å². The highest BCUT2D eigenvalue weighted by Crippen LogP contribution is 2.27. The zero-order chi connectivity index (χ0) is 11.8. The van der Waals surface area contributed by atoms with Gasteiger partial charge >= 0.3 is 6.03 Å². The number of nitrogens with one attached hydrogen (secondary N) is 1. The van der Waals surface area contributed by atoms with Crippen LogP contribution < -0.4 is 11.1 Å². The lowest BCUT2D eigenvalue weighted by Gasteiger charge is -2.24. The quantitative estimate of drug-likeness (QED) is 0.689. The van der Waals surface area contributed by atoms with Gasteiger partial charge in [-0.05, 0) is 5.56 Å². The first-order chi connectivity index (χ1) is 7.62. The van der Waals surface area contributed by atoms with Crippen LogP contribution in [0.1, 0.15) is 5.56 Å². The standard InChI is InChI=1S/C11H13N3O2/c1-14-9(15)11(7-12,13-10(14)16)8-5-3-2-4-6-8/h2-6H,7,12H2,1H3,(H,13,16). The van der Waals surface area contributed by atoms with Gasteiger partial charge in [-0.25, -0.2) is 4.79 Å². The van der Waals surface area contributed by atoms with Gasteiger partial charge in [-0.2, -0.15) is 0 Å². The Kier molecular flexibility index (Phi) is 2.40. The predicted octanol–water partition coefficient (Wildman–Crippen LogP) is 0.0222. The molecule has 1 saturated heterocycles. The summed E-state index contributed by atoms with van der Waals surface area (Å²) in [5, 5.41) is 2.65. The summed E-state index contributed by atoms with van der Waals surface area (Å²) in [7, 11) is 1.44. The van der Waals surface area contributed by atoms with Gasteiger partial charge in [0.1, 0.15) is 0 Å². The molecule has 3 amide bonds. The summed E-state index contributed by atoms with van der Waals surface area (Å²) in [6.07, 6.45) is 0. The van der Waals surface area contributed by atoms with Crippen molar-refractivity contribution >= 4 is 11.9 Å². The Labute approximate surface area is 93.2 Å². The van der Waals surface area contributed by atoms with E-state index in [9.17, 15) is 9.59 Å². The zero-order valence-electron chi connectivity index (χ0n) is 8.93. The minimum atomic E-state index is -1.10. The second kappa shape index (κ2) is 3.61. The highest BCUT2D eigenvalue weighted by Gasteiger charge is 2.49. The smallest absolute Gasteiger partial charge is 0.325 e. The van der Waals surface area contributed by atoms with Crippen molar-refractivity contribution in [2.75, 3.05) is 13.6 Å². The third-order valence-corrected chi connectivity index (χ3v) is 2.87. The molecule has 0 aliphatic carbocycles. The van der Waals surface area contributed by atoms with E-state index < -0.39 is 11.6 Å². The van der Waals surface area contributed by atoms with Crippen LogP contribution in [0.5, 0.6) is 0 Å². The molecular weight excluding hydrogens is 206 g/mol. The van der Waals surface area contributed by atoms with Gasteiger partial charge < -0.3 is 11.1 Å². The Bertz CT molecular complexity index is 432. The average Bonchev–Trinajstić information content (AvgIpc) is 2.55. The lowest BCUT2D eigenvalue weighted by molar-refractivity contribution is -0.130. The number of nitrogens with zero attached hydrogens (tertiary/aromatic N) is 1. The van der Waals surface area contributed by atoms with Gasteiger partial charge in [0.05, 0.1) is 0 Å². The van der Waals surface area contributed by atoms with Gasteiger partial charge in [0.25, 0.3) is 5.91 Å². The fourth-order valence-corrected chi connectivity index (χ4v) is 1.87. The van der Waals surface area contributed by atoms with Gasteiger partial charge in [-0.1, -0.05) is 30.3 Å². The number of likely N-dealkylation sites (N-methyl/N-ethyl adjacent to an activating group) is 1. The third-order valence-electron chi connectivity index (χ3n) is 2.87. The van der Waals surface area contributed by atoms with Crippen LogP contribution in [0.15, 0.2) is 30.3 Å². The number of carbonyl (C=O) groups is 2. The van der Waals surface area contributed by atoms with E-state index in [1.165, 1.54) is 7.05 Å². The highest BCUT2D eigenvalue weighted by atomic mass is 16.2. The number of imide groups is 1. The number of carbonyl (C=O) groups excluding carboxylic acids is 2. The number of amides is 3. The highest BCUT2D eigenvalue weighted by molar-refractivity contribution is 6.07. The molecule has 1 aliphatic rings. The molecule has 5 nitrogen and oxygen atoms in total. The van der Waals surface area contributed by atoms with E-state index in [1.807, 2.05) is 18.2 Å². The first-order valence-electron chi connectivity index (χ1n) is 4.98. The number of hydrogen-bond donors (Lipinski definition) is 2. The van der Waals surface area contributed by atoms with E-state index in [2.05, 4.69) is 5.32 Å². The van der Waals surface area contributed by atoms with Crippen LogP contribution in [0.2, 0.25) is 0 Å². The summed E-state index contributed by atoms with van der Waals surface area (Å²) in [6, 6.07) is 8.61. The Morgan fingerprint density at radius 1 is 1.31 bits per heavy atom. The molecule has 16 heavy (non-hydrogen) atoms. The molecule has 1 aromatic carbocycles. The van der Waals surface area contributed by atoms with E-state index in [-0.39, 0.29) is 12.5 Å². The molecule has 0 bridgehead atoms. The van der Waals surface area contributed by atoms with E-state index in [1.54, 1.807) is 12.1 Å². The number of rotatable bonds is 2. The Morgan fingerprint density at radius 2 is 1.94 bits per heavy atom. The predicted molar refractivity (Wildman–Crippen MR) is 58.5 cm³/mol. The summed E-state index contributed by atoms with van der Waals surface area (Å²) in [6.45, 7) is 0.0475. The normalized spacial score (nSPS) is 24.8. The average molecular weight is 219 g/mol. The molecule has 1 aliphatic heterocycles. The van der Waals surface area contributed by atoms with Crippen molar-refractivity contribution in [3.63, 3.8) is 0 Å². The van der Waals surface area contributed by atoms with Crippen molar-refractivity contribution in [1.82, 2.24) is 10.2 Å². The van der Waals surface area contributed by atoms with Crippen LogP contribution in [0, 0.1) is 0 Å². The first-order valence-corrected chi connectivity index (χ1v) is 4.98. The lowest BCUT2D eigenvalue weighted by Crippen LogP contribution is -2.49. The summed E-state index contributed by atoms with van der Waals surface area (Å²) in [5.74, 6) is -0.314. The number of urea groups is 1. The number of benzene rings is 1. The van der Waals surface area contributed by atoms with E-state index >= 15 is 0 Å². The SMILES string of the molecule is CN1C(=O)NC(CN)(c2ccccc2)C1=O. The molecule has 2 rings (SSSR count). The summed E-state index contributed by atoms with van der Waals surface area (Å²) < 4.78 is 0. The second-order valence-corrected chi connectivity index (χ2v) is 3.77. The maximum absolute atomic E-state index is 12.0. The molecule has 0 radical (unpaired) electrons. The van der Waals surface area contributed by atoms with Gasteiger partial charge in [0.15, 0.2) is 5.54 Å². The summed E-state index contributed by atoms with van der Waals surface area (Å²) in [4.78, 5) is 24.6. The molecule has 0 saturated carbocycles. The maximum atomic E-state index is 12.0. The van der Waals surface area contributed by atoms with Crippen molar-refractivity contribution in [2.24, 2.45) is 5.73 Å². The minimum Gasteiger partial charge on any atom is -0.327 e. The molecule has 0 aromatic heterocycles. The minimum absolute atomic E-state index is 0.0475. The van der Waals surface area contributed by atoms with Crippen molar-refractivity contribution in [3.8, 4) is 0 Å². The van der Waals surface area contributed by atoms with Crippen LogP contribution in [-0.4, -0.2) is 30.4 Å². The molecular formula is C11H13N3O2. The van der Waals surface area contributed by atoms with Crippen molar-refractivity contribution < 1.29 is 9.59 Å². The molecule has 0 spiro atoms. The fraction of sp³-hybridized carbons (Fsp3) is 0.273. The molecule has 1 unspecified atom stereocenters. The van der Waals surface area contributed by atoms with Crippen molar-refractivity contribution in [2.45, 2.75) is 5.54 Å². The molecule has 3 N–H and O–H groups in total.